The minimum absolute atomic E-state index is 0.0232. The van der Waals surface area contributed by atoms with Crippen molar-refractivity contribution in [2.75, 3.05) is 0 Å². The van der Waals surface area contributed by atoms with Gasteiger partial charge in [-0.15, -0.1) is 0 Å². The molecule has 0 aliphatic rings. The van der Waals surface area contributed by atoms with E-state index in [1.54, 1.807) is 12.1 Å². The predicted molar refractivity (Wildman–Crippen MR) is 110 cm³/mol. The average Bonchev–Trinajstić information content (AvgIpc) is 2.60. The van der Waals surface area contributed by atoms with Crippen LogP contribution in [0.2, 0.25) is 0 Å². The Morgan fingerprint density at radius 2 is 1.63 bits per heavy atom. The Balaban J connectivity index is 2.16. The van der Waals surface area contributed by atoms with Gasteiger partial charge in [-0.25, -0.2) is 13.2 Å². The number of benzene rings is 2. The Hall–Kier alpha value is -2.91. The van der Waals surface area contributed by atoms with E-state index in [1.165, 1.54) is 12.1 Å². The van der Waals surface area contributed by atoms with Crippen LogP contribution in [0, 0.1) is 17.5 Å². The molecule has 0 aliphatic heterocycles. The fraction of sp³-hybridized carbons (Fsp3) is 0.333. The first-order valence-electron chi connectivity index (χ1n) is 9.34. The molecule has 2 unspecified atom stereocenters. The Kier molecular flexibility index (Phi) is 7.58. The summed E-state index contributed by atoms with van der Waals surface area (Å²) in [5.41, 5.74) is 12.1. The smallest absolute Gasteiger partial charge is 0.283 e. The molecule has 0 saturated carbocycles. The topological polar surface area (TPSA) is 106 Å². The van der Waals surface area contributed by atoms with E-state index >= 15 is 0 Å². The fourth-order valence-electron chi connectivity index (χ4n) is 2.63. The number of amides is 1. The molecule has 162 valence electrons. The number of carbonyl (C=O) groups is 1. The van der Waals surface area contributed by atoms with E-state index in [0.717, 1.165) is 12.1 Å². The number of nitrogens with zero attached hydrogens (tertiary/aromatic N) is 1. The van der Waals surface area contributed by atoms with E-state index in [2.05, 4.69) is 15.6 Å². The standard InChI is InChI=1S/C21H26F3N5O/c1-21(2,3)29-20(28-19(30)15-9-8-14(23)10-16(15)24)27-18(26)11-17(25)12-4-6-13(22)7-5-12/h4-10,17-18H,11,25-26H2,1-3H3,(H2,27,28,29,30). The molecular formula is C21H26F3N5O. The fourth-order valence-corrected chi connectivity index (χ4v) is 2.63. The van der Waals surface area contributed by atoms with Gasteiger partial charge in [-0.05, 0) is 57.0 Å². The molecule has 0 heterocycles. The van der Waals surface area contributed by atoms with Crippen LogP contribution in [0.5, 0.6) is 0 Å². The maximum Gasteiger partial charge on any atom is 0.283 e. The second-order valence-electron chi connectivity index (χ2n) is 7.91. The number of rotatable bonds is 5. The molecule has 6 nitrogen and oxygen atoms in total. The van der Waals surface area contributed by atoms with E-state index in [-0.39, 0.29) is 23.8 Å². The summed E-state index contributed by atoms with van der Waals surface area (Å²) in [6.07, 6.45) is -0.472. The van der Waals surface area contributed by atoms with E-state index < -0.39 is 35.3 Å². The summed E-state index contributed by atoms with van der Waals surface area (Å²) in [5.74, 6) is -3.06. The molecule has 0 aliphatic carbocycles. The van der Waals surface area contributed by atoms with E-state index in [9.17, 15) is 18.0 Å². The Labute approximate surface area is 173 Å². The zero-order chi connectivity index (χ0) is 22.5. The molecular weight excluding hydrogens is 395 g/mol. The summed E-state index contributed by atoms with van der Waals surface area (Å²) < 4.78 is 40.1. The number of hydrogen-bond acceptors (Lipinski definition) is 3. The van der Waals surface area contributed by atoms with Crippen LogP contribution in [0.25, 0.3) is 0 Å². The van der Waals surface area contributed by atoms with E-state index in [1.807, 2.05) is 20.8 Å². The highest BCUT2D eigenvalue weighted by molar-refractivity contribution is 6.03. The van der Waals surface area contributed by atoms with Gasteiger partial charge in [0.15, 0.2) is 0 Å². The van der Waals surface area contributed by atoms with Gasteiger partial charge in [0, 0.05) is 17.6 Å². The van der Waals surface area contributed by atoms with Crippen LogP contribution in [-0.4, -0.2) is 23.6 Å². The van der Waals surface area contributed by atoms with Crippen LogP contribution in [-0.2, 0) is 0 Å². The molecule has 2 aromatic carbocycles. The molecule has 9 heteroatoms. The monoisotopic (exact) mass is 421 g/mol. The Bertz CT molecular complexity index is 910. The summed E-state index contributed by atoms with van der Waals surface area (Å²) in [5, 5.41) is 5.85. The first-order valence-corrected chi connectivity index (χ1v) is 9.34. The Morgan fingerprint density at radius 1 is 1.03 bits per heavy atom. The zero-order valence-corrected chi connectivity index (χ0v) is 17.0. The van der Waals surface area contributed by atoms with Gasteiger partial charge in [-0.3, -0.25) is 4.79 Å². The third-order valence-corrected chi connectivity index (χ3v) is 4.00. The third kappa shape index (κ3) is 7.16. The molecule has 6 N–H and O–H groups in total. The van der Waals surface area contributed by atoms with Crippen LogP contribution in [0.3, 0.4) is 0 Å². The average molecular weight is 421 g/mol. The summed E-state index contributed by atoms with van der Waals surface area (Å²) in [7, 11) is 0. The van der Waals surface area contributed by atoms with Crippen molar-refractivity contribution in [2.45, 2.75) is 44.9 Å². The maximum atomic E-state index is 13.9. The van der Waals surface area contributed by atoms with Gasteiger partial charge in [0.25, 0.3) is 5.91 Å². The minimum atomic E-state index is -1.01. The molecule has 0 radical (unpaired) electrons. The van der Waals surface area contributed by atoms with Gasteiger partial charge in [-0.2, -0.15) is 4.99 Å². The molecule has 0 saturated heterocycles. The van der Waals surface area contributed by atoms with Gasteiger partial charge < -0.3 is 22.1 Å². The first kappa shape index (κ1) is 23.4. The lowest BCUT2D eigenvalue weighted by molar-refractivity contribution is 0.0998. The largest absolute Gasteiger partial charge is 0.351 e. The normalized spacial score (nSPS) is 14.2. The van der Waals surface area contributed by atoms with Crippen LogP contribution in [0.15, 0.2) is 47.5 Å². The van der Waals surface area contributed by atoms with Gasteiger partial charge in [0.1, 0.15) is 17.5 Å². The molecule has 0 fully saturated rings. The summed E-state index contributed by atoms with van der Waals surface area (Å²) in [6, 6.07) is 7.86. The van der Waals surface area contributed by atoms with Crippen LogP contribution >= 0.6 is 0 Å². The van der Waals surface area contributed by atoms with Gasteiger partial charge >= 0.3 is 0 Å². The SMILES string of the molecule is CC(C)(C)N/C(=N/C(=O)c1ccc(F)cc1F)NC(N)CC(N)c1ccc(F)cc1. The van der Waals surface area contributed by atoms with Gasteiger partial charge in [0.2, 0.25) is 5.96 Å². The number of guanidine groups is 1. The summed E-state index contributed by atoms with van der Waals surface area (Å²) in [4.78, 5) is 16.3. The molecule has 2 atom stereocenters. The highest BCUT2D eigenvalue weighted by Crippen LogP contribution is 2.15. The number of carbonyl (C=O) groups excluding carboxylic acids is 1. The Morgan fingerprint density at radius 3 is 2.20 bits per heavy atom. The van der Waals surface area contributed by atoms with Crippen LogP contribution < -0.4 is 22.1 Å². The summed E-state index contributed by atoms with van der Waals surface area (Å²) in [6.45, 7) is 5.51. The molecule has 30 heavy (non-hydrogen) atoms. The van der Waals surface area contributed by atoms with Crippen molar-refractivity contribution in [3.63, 3.8) is 0 Å². The second-order valence-corrected chi connectivity index (χ2v) is 7.91. The van der Waals surface area contributed by atoms with Crippen molar-refractivity contribution >= 4 is 11.9 Å². The molecule has 1 amide bonds. The highest BCUT2D eigenvalue weighted by Gasteiger charge is 2.19. The van der Waals surface area contributed by atoms with Crippen molar-refractivity contribution in [1.82, 2.24) is 10.6 Å². The highest BCUT2D eigenvalue weighted by atomic mass is 19.1. The van der Waals surface area contributed by atoms with E-state index in [4.69, 9.17) is 11.5 Å². The van der Waals surface area contributed by atoms with Crippen LogP contribution in [0.1, 0.15) is 49.2 Å². The minimum Gasteiger partial charge on any atom is -0.351 e. The van der Waals surface area contributed by atoms with Gasteiger partial charge in [0.05, 0.1) is 11.7 Å². The van der Waals surface area contributed by atoms with Crippen molar-refractivity contribution in [3.8, 4) is 0 Å². The molecule has 2 rings (SSSR count). The molecule has 2 aromatic rings. The van der Waals surface area contributed by atoms with Crippen molar-refractivity contribution in [1.29, 1.82) is 0 Å². The third-order valence-electron chi connectivity index (χ3n) is 4.00. The number of nitrogens with two attached hydrogens (primary N) is 2. The van der Waals surface area contributed by atoms with Crippen molar-refractivity contribution in [3.05, 3.63) is 71.0 Å². The maximum absolute atomic E-state index is 13.9. The van der Waals surface area contributed by atoms with Crippen molar-refractivity contribution in [2.24, 2.45) is 16.5 Å². The van der Waals surface area contributed by atoms with E-state index in [0.29, 0.717) is 11.6 Å². The van der Waals surface area contributed by atoms with Crippen LogP contribution in [0.4, 0.5) is 13.2 Å². The quantitative estimate of drug-likeness (QED) is 0.338. The lowest BCUT2D eigenvalue weighted by atomic mass is 10.0. The zero-order valence-electron chi connectivity index (χ0n) is 17.0. The lowest BCUT2D eigenvalue weighted by Gasteiger charge is -2.27. The number of aliphatic imine (C=N–C) groups is 1. The second kappa shape index (κ2) is 9.73. The van der Waals surface area contributed by atoms with Crippen molar-refractivity contribution < 1.29 is 18.0 Å². The summed E-state index contributed by atoms with van der Waals surface area (Å²) >= 11 is 0. The molecule has 0 aromatic heterocycles. The first-order chi connectivity index (χ1) is 13.9. The molecule has 0 bridgehead atoms. The number of hydrogen-bond donors (Lipinski definition) is 4. The number of halogens is 3. The van der Waals surface area contributed by atoms with Gasteiger partial charge in [-0.1, -0.05) is 12.1 Å². The predicted octanol–water partition coefficient (Wildman–Crippen LogP) is 2.95. The lowest BCUT2D eigenvalue weighted by Crippen LogP contribution is -2.54. The number of nitrogens with one attached hydrogen (secondary N) is 2. The molecule has 0 spiro atoms.